The van der Waals surface area contributed by atoms with Gasteiger partial charge in [0.2, 0.25) is 0 Å². The third-order valence-electron chi connectivity index (χ3n) is 3.93. The van der Waals surface area contributed by atoms with Crippen molar-refractivity contribution >= 4 is 23.5 Å². The number of aromatic nitrogens is 4. The standard InChI is InChI=1S/C19H14N6S/c1-21-8-16-11-24-25-12-14(15-9-22-23-10-15)6-18(19(16)25)26-17-5-3-2-4-13(17)7-20/h2-6,8-12H,1H3,(H,22,23). The lowest BCUT2D eigenvalue weighted by atomic mass is 10.1. The quantitative estimate of drug-likeness (QED) is 0.563. The first kappa shape index (κ1) is 16.1. The van der Waals surface area contributed by atoms with Gasteiger partial charge in [-0.3, -0.25) is 10.1 Å². The summed E-state index contributed by atoms with van der Waals surface area (Å²) < 4.78 is 1.84. The number of pyridine rings is 1. The monoisotopic (exact) mass is 358 g/mol. The lowest BCUT2D eigenvalue weighted by molar-refractivity contribution is 0.951. The molecule has 4 rings (SSSR count). The first-order valence-corrected chi connectivity index (χ1v) is 8.71. The Kier molecular flexibility index (Phi) is 4.25. The molecule has 0 aliphatic rings. The van der Waals surface area contributed by atoms with Gasteiger partial charge in [-0.2, -0.15) is 15.5 Å². The van der Waals surface area contributed by atoms with Crippen LogP contribution >= 0.6 is 11.8 Å². The number of rotatable bonds is 4. The van der Waals surface area contributed by atoms with Gasteiger partial charge in [0, 0.05) is 52.1 Å². The fourth-order valence-electron chi connectivity index (χ4n) is 2.75. The topological polar surface area (TPSA) is 82.1 Å². The van der Waals surface area contributed by atoms with E-state index in [1.807, 2.05) is 41.2 Å². The van der Waals surface area contributed by atoms with Crippen molar-refractivity contribution in [1.29, 1.82) is 5.26 Å². The van der Waals surface area contributed by atoms with Gasteiger partial charge in [0.1, 0.15) is 6.07 Å². The van der Waals surface area contributed by atoms with Crippen LogP contribution in [-0.2, 0) is 0 Å². The van der Waals surface area contributed by atoms with E-state index in [1.54, 1.807) is 37.4 Å². The Morgan fingerprint density at radius 1 is 1.23 bits per heavy atom. The van der Waals surface area contributed by atoms with Gasteiger partial charge in [-0.05, 0) is 18.2 Å². The number of aromatic amines is 1. The van der Waals surface area contributed by atoms with E-state index < -0.39 is 0 Å². The zero-order chi connectivity index (χ0) is 17.9. The Morgan fingerprint density at radius 3 is 2.88 bits per heavy atom. The molecule has 0 bridgehead atoms. The average Bonchev–Trinajstić information content (AvgIpc) is 3.33. The van der Waals surface area contributed by atoms with Crippen LogP contribution in [0.25, 0.3) is 16.6 Å². The molecule has 0 saturated carbocycles. The van der Waals surface area contributed by atoms with Crippen LogP contribution in [0.1, 0.15) is 11.1 Å². The van der Waals surface area contributed by atoms with Crippen LogP contribution in [0.5, 0.6) is 0 Å². The van der Waals surface area contributed by atoms with Crippen molar-refractivity contribution in [1.82, 2.24) is 19.8 Å². The Morgan fingerprint density at radius 2 is 2.12 bits per heavy atom. The van der Waals surface area contributed by atoms with Crippen LogP contribution in [0.3, 0.4) is 0 Å². The van der Waals surface area contributed by atoms with E-state index >= 15 is 0 Å². The summed E-state index contributed by atoms with van der Waals surface area (Å²) in [5, 5.41) is 20.7. The molecule has 0 aliphatic carbocycles. The fraction of sp³-hybridized carbons (Fsp3) is 0.0526. The zero-order valence-corrected chi connectivity index (χ0v) is 14.7. The van der Waals surface area contributed by atoms with Crippen LogP contribution in [0.4, 0.5) is 0 Å². The molecule has 1 N–H and O–H groups in total. The lowest BCUT2D eigenvalue weighted by Crippen LogP contribution is -1.93. The van der Waals surface area contributed by atoms with Crippen LogP contribution in [0.2, 0.25) is 0 Å². The van der Waals surface area contributed by atoms with Gasteiger partial charge in [-0.15, -0.1) is 0 Å². The number of nitrogens with zero attached hydrogens (tertiary/aromatic N) is 5. The summed E-state index contributed by atoms with van der Waals surface area (Å²) in [4.78, 5) is 6.03. The molecule has 0 aliphatic heterocycles. The molecule has 0 radical (unpaired) electrons. The number of fused-ring (bicyclic) bond motifs is 1. The highest BCUT2D eigenvalue weighted by atomic mass is 32.2. The van der Waals surface area contributed by atoms with Crippen LogP contribution in [0.15, 0.2) is 69.9 Å². The molecule has 1 aromatic carbocycles. The second-order valence-corrected chi connectivity index (χ2v) is 6.65. The minimum absolute atomic E-state index is 0.648. The van der Waals surface area contributed by atoms with Crippen molar-refractivity contribution in [3.05, 3.63) is 66.2 Å². The summed E-state index contributed by atoms with van der Waals surface area (Å²) >= 11 is 1.55. The highest BCUT2D eigenvalue weighted by molar-refractivity contribution is 7.99. The number of nitriles is 1. The molecule has 126 valence electrons. The smallest absolute Gasteiger partial charge is 0.100 e. The summed E-state index contributed by atoms with van der Waals surface area (Å²) in [5.74, 6) is 0. The van der Waals surface area contributed by atoms with Crippen molar-refractivity contribution in [2.45, 2.75) is 9.79 Å². The number of hydrogen-bond donors (Lipinski definition) is 1. The molecule has 0 unspecified atom stereocenters. The third-order valence-corrected chi connectivity index (χ3v) is 5.04. The van der Waals surface area contributed by atoms with E-state index in [-0.39, 0.29) is 0 Å². The Bertz CT molecular complexity index is 1130. The number of aliphatic imine (C=N–C) groups is 1. The summed E-state index contributed by atoms with van der Waals surface area (Å²) in [6, 6.07) is 11.9. The molecule has 0 atom stereocenters. The minimum atomic E-state index is 0.648. The third kappa shape index (κ3) is 2.87. The highest BCUT2D eigenvalue weighted by Gasteiger charge is 2.14. The van der Waals surface area contributed by atoms with Gasteiger partial charge in [0.05, 0.1) is 23.5 Å². The van der Waals surface area contributed by atoms with Crippen molar-refractivity contribution in [3.8, 4) is 17.2 Å². The average molecular weight is 358 g/mol. The van der Waals surface area contributed by atoms with Crippen molar-refractivity contribution in [2.75, 3.05) is 7.05 Å². The molecular weight excluding hydrogens is 344 g/mol. The molecule has 26 heavy (non-hydrogen) atoms. The van der Waals surface area contributed by atoms with Gasteiger partial charge in [-0.1, -0.05) is 23.9 Å². The summed E-state index contributed by atoms with van der Waals surface area (Å²) in [7, 11) is 1.74. The predicted octanol–water partition coefficient (Wildman–Crippen LogP) is 3.80. The molecule has 0 saturated heterocycles. The Hall–Kier alpha value is -3.37. The van der Waals surface area contributed by atoms with Gasteiger partial charge in [0.25, 0.3) is 0 Å². The predicted molar refractivity (Wildman–Crippen MR) is 102 cm³/mol. The van der Waals surface area contributed by atoms with Crippen LogP contribution < -0.4 is 0 Å². The molecule has 7 heteroatoms. The van der Waals surface area contributed by atoms with Gasteiger partial charge < -0.3 is 0 Å². The maximum absolute atomic E-state index is 9.40. The maximum Gasteiger partial charge on any atom is 0.100 e. The first-order chi connectivity index (χ1) is 12.8. The molecule has 4 aromatic rings. The molecule has 0 fully saturated rings. The normalized spacial score (nSPS) is 11.2. The zero-order valence-electron chi connectivity index (χ0n) is 13.9. The number of nitrogens with one attached hydrogen (secondary N) is 1. The van der Waals surface area contributed by atoms with Crippen LogP contribution in [0, 0.1) is 11.3 Å². The van der Waals surface area contributed by atoms with Crippen molar-refractivity contribution < 1.29 is 0 Å². The van der Waals surface area contributed by atoms with Gasteiger partial charge in [0.15, 0.2) is 0 Å². The molecular formula is C19H14N6S. The lowest BCUT2D eigenvalue weighted by Gasteiger charge is -2.09. The van der Waals surface area contributed by atoms with E-state index in [4.69, 9.17) is 0 Å². The number of hydrogen-bond acceptors (Lipinski definition) is 5. The highest BCUT2D eigenvalue weighted by Crippen LogP contribution is 2.36. The van der Waals surface area contributed by atoms with Crippen molar-refractivity contribution in [3.63, 3.8) is 0 Å². The molecule has 6 nitrogen and oxygen atoms in total. The second kappa shape index (κ2) is 6.86. The molecule has 3 heterocycles. The number of H-pyrrole nitrogens is 1. The molecule has 0 spiro atoms. The van der Waals surface area contributed by atoms with Gasteiger partial charge >= 0.3 is 0 Å². The fourth-order valence-corrected chi connectivity index (χ4v) is 3.85. The van der Waals surface area contributed by atoms with Gasteiger partial charge in [-0.25, -0.2) is 4.52 Å². The van der Waals surface area contributed by atoms with E-state index in [1.165, 1.54) is 0 Å². The van der Waals surface area contributed by atoms with E-state index in [2.05, 4.69) is 32.4 Å². The largest absolute Gasteiger partial charge is 0.296 e. The van der Waals surface area contributed by atoms with E-state index in [9.17, 15) is 5.26 Å². The van der Waals surface area contributed by atoms with E-state index in [0.29, 0.717) is 5.56 Å². The van der Waals surface area contributed by atoms with Crippen molar-refractivity contribution in [2.24, 2.45) is 4.99 Å². The summed E-state index contributed by atoms with van der Waals surface area (Å²) in [6.45, 7) is 0. The Labute approximate surface area is 154 Å². The molecule has 0 amide bonds. The van der Waals surface area contributed by atoms with E-state index in [0.717, 1.165) is 32.0 Å². The second-order valence-electron chi connectivity index (χ2n) is 5.57. The number of benzene rings is 1. The minimum Gasteiger partial charge on any atom is -0.296 e. The summed E-state index contributed by atoms with van der Waals surface area (Å²) in [6.07, 6.45) is 9.17. The summed E-state index contributed by atoms with van der Waals surface area (Å²) in [5.41, 5.74) is 4.51. The molecule has 3 aromatic heterocycles. The Balaban J connectivity index is 1.92. The first-order valence-electron chi connectivity index (χ1n) is 7.90. The maximum atomic E-state index is 9.40. The SMILES string of the molecule is CN=Cc1cnn2cc(-c3cn[nH]c3)cc(Sc3ccccc3C#N)c12. The van der Waals surface area contributed by atoms with Crippen LogP contribution in [-0.4, -0.2) is 33.1 Å².